The number of nitrogens with zero attached hydrogens (tertiary/aromatic N) is 3. The molecule has 0 aliphatic heterocycles. The van der Waals surface area contributed by atoms with Crippen LogP contribution in [0.15, 0.2) is 36.7 Å². The number of pyridine rings is 1. The fourth-order valence-electron chi connectivity index (χ4n) is 3.57. The highest BCUT2D eigenvalue weighted by atomic mass is 35.5. The van der Waals surface area contributed by atoms with Gasteiger partial charge in [-0.25, -0.2) is 9.97 Å². The number of methoxy groups -OCH3 is 2. The molecule has 4 rings (SSSR count). The average molecular weight is 501 g/mol. The van der Waals surface area contributed by atoms with E-state index in [9.17, 15) is 9.59 Å². The number of thiazole rings is 1. The topological polar surface area (TPSA) is 95.3 Å². The number of carbonyl (C=O) groups is 2. The van der Waals surface area contributed by atoms with Gasteiger partial charge in [-0.2, -0.15) is 0 Å². The Bertz CT molecular complexity index is 1310. The van der Waals surface area contributed by atoms with Crippen LogP contribution in [0, 0.1) is 13.8 Å². The highest BCUT2D eigenvalue weighted by Crippen LogP contribution is 2.33. The van der Waals surface area contributed by atoms with Crippen molar-refractivity contribution in [3.63, 3.8) is 0 Å². The minimum Gasteiger partial charge on any atom is -0.496 e. The molecule has 0 radical (unpaired) electrons. The molecule has 4 aromatic rings. The largest absolute Gasteiger partial charge is 0.496 e. The van der Waals surface area contributed by atoms with Crippen molar-refractivity contribution >= 4 is 51.6 Å². The maximum Gasteiger partial charge on any atom is 0.227 e. The number of aromatic nitrogens is 3. The number of fused-ring (bicyclic) bond motifs is 1. The summed E-state index contributed by atoms with van der Waals surface area (Å²) in [5.41, 5.74) is 3.95. The number of hydrogen-bond donors (Lipinski definition) is 1. The predicted molar refractivity (Wildman–Crippen MR) is 135 cm³/mol. The lowest BCUT2D eigenvalue weighted by molar-refractivity contribution is -0.104. The van der Waals surface area contributed by atoms with Crippen molar-refractivity contribution in [1.82, 2.24) is 14.5 Å². The number of benzene rings is 1. The summed E-state index contributed by atoms with van der Waals surface area (Å²) in [7, 11) is 5.04. The number of ether oxygens (including phenoxy) is 2. The molecular formula is C24H25ClN4O4S. The number of aldehydes is 1. The number of carbonyl (C=O) groups excluding carboxylic acids is 2. The summed E-state index contributed by atoms with van der Waals surface area (Å²) in [5, 5.41) is 4.52. The summed E-state index contributed by atoms with van der Waals surface area (Å²) in [4.78, 5) is 31.4. The first-order valence-corrected chi connectivity index (χ1v) is 11.5. The van der Waals surface area contributed by atoms with Crippen molar-refractivity contribution in [3.8, 4) is 11.6 Å². The van der Waals surface area contributed by atoms with E-state index in [1.54, 1.807) is 32.7 Å². The average Bonchev–Trinajstić information content (AvgIpc) is 3.38. The number of ketones is 1. The Morgan fingerprint density at radius 3 is 2.56 bits per heavy atom. The molecule has 1 N–H and O–H groups in total. The van der Waals surface area contributed by atoms with Crippen molar-refractivity contribution in [1.29, 1.82) is 0 Å². The Balaban J connectivity index is 0.000000271. The Hall–Kier alpha value is -3.43. The van der Waals surface area contributed by atoms with Crippen LogP contribution in [-0.2, 0) is 11.3 Å². The van der Waals surface area contributed by atoms with E-state index in [2.05, 4.69) is 15.3 Å². The first-order chi connectivity index (χ1) is 16.3. The molecule has 0 spiro atoms. The normalized spacial score (nSPS) is 10.4. The van der Waals surface area contributed by atoms with E-state index in [1.807, 2.05) is 43.7 Å². The van der Waals surface area contributed by atoms with E-state index in [1.165, 1.54) is 11.3 Å². The summed E-state index contributed by atoms with van der Waals surface area (Å²) >= 11 is 7.35. The molecule has 0 fully saturated rings. The van der Waals surface area contributed by atoms with Crippen molar-refractivity contribution in [2.24, 2.45) is 0 Å². The van der Waals surface area contributed by atoms with E-state index in [-0.39, 0.29) is 0 Å². The third-order valence-electron chi connectivity index (χ3n) is 5.24. The maximum atomic E-state index is 12.1. The summed E-state index contributed by atoms with van der Waals surface area (Å²) in [6.07, 6.45) is 3.65. The van der Waals surface area contributed by atoms with E-state index in [0.29, 0.717) is 39.7 Å². The molecule has 8 nitrogen and oxygen atoms in total. The second-order valence-corrected chi connectivity index (χ2v) is 9.01. The predicted octanol–water partition coefficient (Wildman–Crippen LogP) is 4.94. The van der Waals surface area contributed by atoms with Crippen LogP contribution in [-0.4, -0.2) is 47.9 Å². The van der Waals surface area contributed by atoms with E-state index in [0.717, 1.165) is 27.5 Å². The summed E-state index contributed by atoms with van der Waals surface area (Å²) < 4.78 is 12.9. The Morgan fingerprint density at radius 1 is 1.21 bits per heavy atom. The zero-order chi connectivity index (χ0) is 24.8. The van der Waals surface area contributed by atoms with Crippen LogP contribution < -0.4 is 14.8 Å². The van der Waals surface area contributed by atoms with Crippen LogP contribution in [0.1, 0.15) is 26.6 Å². The highest BCUT2D eigenvalue weighted by Gasteiger charge is 2.21. The van der Waals surface area contributed by atoms with E-state index < -0.39 is 5.78 Å². The maximum absolute atomic E-state index is 12.1. The summed E-state index contributed by atoms with van der Waals surface area (Å²) in [5.74, 6) is 0.767. The molecule has 0 bridgehead atoms. The van der Waals surface area contributed by atoms with Crippen LogP contribution in [0.3, 0.4) is 0 Å². The minimum absolute atomic E-state index is 0.346. The second-order valence-electron chi connectivity index (χ2n) is 7.26. The monoisotopic (exact) mass is 500 g/mol. The lowest BCUT2D eigenvalue weighted by Crippen LogP contribution is -2.05. The first-order valence-electron chi connectivity index (χ1n) is 10.3. The van der Waals surface area contributed by atoms with E-state index in [4.69, 9.17) is 21.1 Å². The van der Waals surface area contributed by atoms with Gasteiger partial charge < -0.3 is 19.4 Å². The number of rotatable bonds is 7. The summed E-state index contributed by atoms with van der Waals surface area (Å²) in [6.45, 7) is 4.25. The highest BCUT2D eigenvalue weighted by molar-refractivity contribution is 7.15. The molecule has 0 amide bonds. The molecule has 1 aromatic carbocycles. The molecule has 3 heterocycles. The third kappa shape index (κ3) is 5.37. The smallest absolute Gasteiger partial charge is 0.227 e. The number of aryl methyl sites for hydroxylation is 1. The van der Waals surface area contributed by atoms with Crippen LogP contribution >= 0.6 is 22.9 Å². The molecule has 10 heteroatoms. The molecule has 0 atom stereocenters. The fraction of sp³-hybridized carbons (Fsp3) is 0.250. The van der Waals surface area contributed by atoms with Gasteiger partial charge in [0.25, 0.3) is 0 Å². The third-order valence-corrected chi connectivity index (χ3v) is 6.34. The van der Waals surface area contributed by atoms with Crippen molar-refractivity contribution < 1.29 is 19.1 Å². The SMILES string of the molecule is CNc1ccnc(OC)c1.COc1cc2c(C(=O)C=O)c(C)n(Cc3ncc(Cl)s3)c2cc1C. The van der Waals surface area contributed by atoms with Gasteiger partial charge in [-0.15, -0.1) is 11.3 Å². The molecule has 0 aliphatic rings. The van der Waals surface area contributed by atoms with Crippen LogP contribution in [0.4, 0.5) is 5.69 Å². The summed E-state index contributed by atoms with van der Waals surface area (Å²) in [6, 6.07) is 7.47. The lowest BCUT2D eigenvalue weighted by atomic mass is 10.1. The van der Waals surface area contributed by atoms with Gasteiger partial charge in [0.2, 0.25) is 11.7 Å². The molecule has 3 aromatic heterocycles. The molecular weight excluding hydrogens is 476 g/mol. The Kier molecular flexibility index (Phi) is 8.25. The van der Waals surface area contributed by atoms with Crippen molar-refractivity contribution in [2.45, 2.75) is 20.4 Å². The standard InChI is InChI=1S/C17H15ClN2O3S.C7H10N2O/c1-9-4-12-11(5-14(9)23-3)17(13(22)8-21)10(2)20(12)7-16-19-6-15(18)24-16;1-8-6-3-4-9-7(5-6)10-2/h4-6,8H,7H2,1-3H3;3-5H,1-2H3,(H,8,9). The molecule has 0 aliphatic carbocycles. The van der Waals surface area contributed by atoms with Crippen LogP contribution in [0.5, 0.6) is 11.6 Å². The van der Waals surface area contributed by atoms with Crippen LogP contribution in [0.2, 0.25) is 4.34 Å². The number of Topliss-reactive ketones (excluding diaryl/α,β-unsaturated/α-hetero) is 1. The van der Waals surface area contributed by atoms with Crippen LogP contribution in [0.25, 0.3) is 10.9 Å². The van der Waals surface area contributed by atoms with Gasteiger partial charge >= 0.3 is 0 Å². The number of nitrogens with one attached hydrogen (secondary N) is 1. The lowest BCUT2D eigenvalue weighted by Gasteiger charge is -2.08. The Labute approximate surface area is 206 Å². The molecule has 0 unspecified atom stereocenters. The first kappa shape index (κ1) is 25.2. The second kappa shape index (κ2) is 11.1. The van der Waals surface area contributed by atoms with Gasteiger partial charge in [-0.1, -0.05) is 11.6 Å². The van der Waals surface area contributed by atoms with Gasteiger partial charge in [-0.05, 0) is 37.6 Å². The van der Waals surface area contributed by atoms with Gasteiger partial charge in [0, 0.05) is 41.6 Å². The van der Waals surface area contributed by atoms with Gasteiger partial charge in [0.05, 0.1) is 32.5 Å². The fourth-order valence-corrected chi connectivity index (χ4v) is 4.52. The van der Waals surface area contributed by atoms with Gasteiger partial charge in [0.1, 0.15) is 15.1 Å². The Morgan fingerprint density at radius 2 is 1.97 bits per heavy atom. The van der Waals surface area contributed by atoms with Crippen molar-refractivity contribution in [3.05, 3.63) is 62.8 Å². The van der Waals surface area contributed by atoms with E-state index >= 15 is 0 Å². The van der Waals surface area contributed by atoms with Gasteiger partial charge in [-0.3, -0.25) is 9.59 Å². The van der Waals surface area contributed by atoms with Gasteiger partial charge in [0.15, 0.2) is 6.29 Å². The molecule has 0 saturated heterocycles. The number of anilines is 1. The number of halogens is 1. The quantitative estimate of drug-likeness (QED) is 0.218. The number of hydrogen-bond acceptors (Lipinski definition) is 8. The zero-order valence-electron chi connectivity index (χ0n) is 19.5. The minimum atomic E-state index is -0.542. The van der Waals surface area contributed by atoms with Crippen molar-refractivity contribution in [2.75, 3.05) is 26.6 Å². The molecule has 34 heavy (non-hydrogen) atoms. The molecule has 178 valence electrons. The zero-order valence-corrected chi connectivity index (χ0v) is 21.1. The molecule has 0 saturated carbocycles.